The van der Waals surface area contributed by atoms with Gasteiger partial charge >= 0.3 is 0 Å². The van der Waals surface area contributed by atoms with Gasteiger partial charge in [-0.15, -0.1) is 0 Å². The molecule has 64 valence electrons. The van der Waals surface area contributed by atoms with E-state index in [0.29, 0.717) is 5.33 Å². The first-order chi connectivity index (χ1) is 5.02. The summed E-state index contributed by atoms with van der Waals surface area (Å²) in [6.07, 6.45) is -0.607. The summed E-state index contributed by atoms with van der Waals surface area (Å²) in [5, 5.41) is 9.51. The first kappa shape index (κ1) is 11.0. The van der Waals surface area contributed by atoms with Gasteiger partial charge in [-0.3, -0.25) is 0 Å². The van der Waals surface area contributed by atoms with Gasteiger partial charge in [0.05, 0.1) is 0 Å². The van der Waals surface area contributed by atoms with Crippen LogP contribution in [0.5, 0.6) is 0 Å². The first-order valence-electron chi connectivity index (χ1n) is 3.33. The normalized spacial score (nSPS) is 13.5. The number of rotatable bonds is 2. The average Bonchev–Trinajstić information content (AvgIpc) is 2.00. The fourth-order valence-corrected chi connectivity index (χ4v) is 0.509. The number of hydrogen-bond donors (Lipinski definition) is 1. The van der Waals surface area contributed by atoms with Gasteiger partial charge in [-0.25, -0.2) is 0 Å². The zero-order valence-electron chi connectivity index (χ0n) is 7.02. The highest BCUT2D eigenvalue weighted by molar-refractivity contribution is 9.09. The summed E-state index contributed by atoms with van der Waals surface area (Å²) in [6.45, 7) is 3.70. The Morgan fingerprint density at radius 2 is 2.18 bits per heavy atom. The third-order valence-corrected chi connectivity index (χ3v) is 1.81. The van der Waals surface area contributed by atoms with Crippen molar-refractivity contribution in [1.82, 2.24) is 0 Å². The molecule has 11 heavy (non-hydrogen) atoms. The van der Waals surface area contributed by atoms with Gasteiger partial charge in [-0.2, -0.15) is 0 Å². The SMILES string of the molecule is COC(C)(C)C#CC(O)CBr. The van der Waals surface area contributed by atoms with Gasteiger partial charge in [-0.1, -0.05) is 27.8 Å². The fraction of sp³-hybridized carbons (Fsp3) is 0.750. The van der Waals surface area contributed by atoms with Crippen LogP contribution in [0, 0.1) is 11.8 Å². The lowest BCUT2D eigenvalue weighted by molar-refractivity contribution is 0.0737. The summed E-state index contributed by atoms with van der Waals surface area (Å²) in [6, 6.07) is 0. The number of alkyl halides is 1. The fourth-order valence-electron chi connectivity index (χ4n) is 0.347. The maximum absolute atomic E-state index is 9.04. The lowest BCUT2D eigenvalue weighted by Crippen LogP contribution is -2.20. The van der Waals surface area contributed by atoms with Crippen molar-refractivity contribution in [3.05, 3.63) is 0 Å². The molecule has 1 unspecified atom stereocenters. The highest BCUT2D eigenvalue weighted by Crippen LogP contribution is 2.04. The zero-order valence-corrected chi connectivity index (χ0v) is 8.60. The molecule has 1 N–H and O–H groups in total. The standard InChI is InChI=1S/C8H13BrO2/c1-8(2,11-3)5-4-7(10)6-9/h7,10H,6H2,1-3H3. The van der Waals surface area contributed by atoms with Gasteiger partial charge in [-0.05, 0) is 13.8 Å². The number of aliphatic hydroxyl groups is 1. The van der Waals surface area contributed by atoms with Crippen molar-refractivity contribution in [3.63, 3.8) is 0 Å². The number of halogens is 1. The molecule has 0 aromatic rings. The Bertz CT molecular complexity index is 167. The summed E-state index contributed by atoms with van der Waals surface area (Å²) in [5.74, 6) is 5.46. The summed E-state index contributed by atoms with van der Waals surface area (Å²) in [4.78, 5) is 0. The van der Waals surface area contributed by atoms with Crippen LogP contribution in [0.1, 0.15) is 13.8 Å². The molecule has 0 aliphatic rings. The molecular formula is C8H13BrO2. The van der Waals surface area contributed by atoms with Crippen molar-refractivity contribution in [2.75, 3.05) is 12.4 Å². The third kappa shape index (κ3) is 5.25. The van der Waals surface area contributed by atoms with Crippen LogP contribution in [0.3, 0.4) is 0 Å². The molecule has 0 heterocycles. The van der Waals surface area contributed by atoms with Gasteiger partial charge < -0.3 is 9.84 Å². The summed E-state index contributed by atoms with van der Waals surface area (Å²) < 4.78 is 5.03. The molecule has 0 aliphatic heterocycles. The van der Waals surface area contributed by atoms with Gasteiger partial charge in [0, 0.05) is 12.4 Å². The van der Waals surface area contributed by atoms with E-state index in [-0.39, 0.29) is 0 Å². The highest BCUT2D eigenvalue weighted by atomic mass is 79.9. The van der Waals surface area contributed by atoms with E-state index in [1.807, 2.05) is 13.8 Å². The Labute approximate surface area is 76.1 Å². The molecule has 1 atom stereocenters. The van der Waals surface area contributed by atoms with E-state index in [4.69, 9.17) is 9.84 Å². The van der Waals surface area contributed by atoms with Crippen molar-refractivity contribution in [2.45, 2.75) is 25.6 Å². The van der Waals surface area contributed by atoms with Crippen LogP contribution < -0.4 is 0 Å². The van der Waals surface area contributed by atoms with Crippen LogP contribution in [0.4, 0.5) is 0 Å². The Kier molecular flexibility index (Phi) is 4.74. The van der Waals surface area contributed by atoms with E-state index < -0.39 is 11.7 Å². The van der Waals surface area contributed by atoms with Crippen LogP contribution in [0.15, 0.2) is 0 Å². The monoisotopic (exact) mass is 220 g/mol. The Hall–Kier alpha value is -0.0400. The molecule has 2 nitrogen and oxygen atoms in total. The average molecular weight is 221 g/mol. The van der Waals surface area contributed by atoms with Crippen LogP contribution in [0.25, 0.3) is 0 Å². The van der Waals surface area contributed by atoms with Crippen molar-refractivity contribution in [1.29, 1.82) is 0 Å². The Balaban J connectivity index is 4.05. The maximum Gasteiger partial charge on any atom is 0.124 e. The maximum atomic E-state index is 9.04. The van der Waals surface area contributed by atoms with Crippen molar-refractivity contribution in [3.8, 4) is 11.8 Å². The predicted octanol–water partition coefficient (Wildman–Crippen LogP) is 1.17. The van der Waals surface area contributed by atoms with Crippen molar-refractivity contribution >= 4 is 15.9 Å². The number of aliphatic hydroxyl groups excluding tert-OH is 1. The van der Waals surface area contributed by atoms with Crippen LogP contribution >= 0.6 is 15.9 Å². The third-order valence-electron chi connectivity index (χ3n) is 1.20. The van der Waals surface area contributed by atoms with E-state index in [2.05, 4.69) is 27.8 Å². The predicted molar refractivity (Wildman–Crippen MR) is 48.7 cm³/mol. The quantitative estimate of drug-likeness (QED) is 0.560. The Morgan fingerprint density at radius 3 is 2.55 bits per heavy atom. The topological polar surface area (TPSA) is 29.5 Å². The van der Waals surface area contributed by atoms with Crippen LogP contribution in [-0.2, 0) is 4.74 Å². The Morgan fingerprint density at radius 1 is 1.64 bits per heavy atom. The molecule has 3 heteroatoms. The smallest absolute Gasteiger partial charge is 0.124 e. The molecule has 0 spiro atoms. The molecule has 0 aromatic heterocycles. The molecule has 0 saturated carbocycles. The lowest BCUT2D eigenvalue weighted by Gasteiger charge is -2.14. The highest BCUT2D eigenvalue weighted by Gasteiger charge is 2.11. The van der Waals surface area contributed by atoms with Gasteiger partial charge in [0.25, 0.3) is 0 Å². The molecule has 0 bridgehead atoms. The lowest BCUT2D eigenvalue weighted by atomic mass is 10.1. The molecule has 0 fully saturated rings. The molecular weight excluding hydrogens is 208 g/mol. The molecule has 0 radical (unpaired) electrons. The second-order valence-electron chi connectivity index (χ2n) is 2.65. The minimum atomic E-state index is -0.607. The van der Waals surface area contributed by atoms with Gasteiger partial charge in [0.2, 0.25) is 0 Å². The van der Waals surface area contributed by atoms with Crippen molar-refractivity contribution in [2.24, 2.45) is 0 Å². The van der Waals surface area contributed by atoms with E-state index >= 15 is 0 Å². The molecule has 0 saturated heterocycles. The largest absolute Gasteiger partial charge is 0.379 e. The van der Waals surface area contributed by atoms with Crippen LogP contribution in [-0.4, -0.2) is 29.3 Å². The van der Waals surface area contributed by atoms with Crippen LogP contribution in [0.2, 0.25) is 0 Å². The first-order valence-corrected chi connectivity index (χ1v) is 4.46. The molecule has 0 aromatic carbocycles. The molecule has 0 aliphatic carbocycles. The molecule has 0 rings (SSSR count). The van der Waals surface area contributed by atoms with Gasteiger partial charge in [0.1, 0.15) is 11.7 Å². The second kappa shape index (κ2) is 4.76. The molecule has 0 amide bonds. The minimum absolute atomic E-state index is 0.469. The minimum Gasteiger partial charge on any atom is -0.379 e. The second-order valence-corrected chi connectivity index (χ2v) is 3.30. The van der Waals surface area contributed by atoms with E-state index in [1.54, 1.807) is 7.11 Å². The number of hydrogen-bond acceptors (Lipinski definition) is 2. The van der Waals surface area contributed by atoms with Crippen molar-refractivity contribution < 1.29 is 9.84 Å². The van der Waals surface area contributed by atoms with E-state index in [9.17, 15) is 0 Å². The summed E-state index contributed by atoms with van der Waals surface area (Å²) >= 11 is 3.11. The van der Waals surface area contributed by atoms with E-state index in [1.165, 1.54) is 0 Å². The summed E-state index contributed by atoms with van der Waals surface area (Å²) in [7, 11) is 1.59. The summed E-state index contributed by atoms with van der Waals surface area (Å²) in [5.41, 5.74) is -0.469. The number of methoxy groups -OCH3 is 1. The zero-order chi connectivity index (χ0) is 8.91. The van der Waals surface area contributed by atoms with Gasteiger partial charge in [0.15, 0.2) is 0 Å². The van der Waals surface area contributed by atoms with E-state index in [0.717, 1.165) is 0 Å². The number of ether oxygens (including phenoxy) is 1.